The summed E-state index contributed by atoms with van der Waals surface area (Å²) in [5, 5.41) is 3.22. The quantitative estimate of drug-likeness (QED) is 0.351. The highest BCUT2D eigenvalue weighted by molar-refractivity contribution is 7.92. The molecular weight excluding hydrogens is 538 g/mol. The topological polar surface area (TPSA) is 96.0 Å². The Morgan fingerprint density at radius 1 is 1.00 bits per heavy atom. The van der Waals surface area contributed by atoms with Gasteiger partial charge in [0.05, 0.1) is 19.1 Å². The van der Waals surface area contributed by atoms with Crippen molar-refractivity contribution < 1.29 is 22.7 Å². The van der Waals surface area contributed by atoms with Crippen molar-refractivity contribution in [3.05, 3.63) is 94.5 Å². The van der Waals surface area contributed by atoms with Gasteiger partial charge in [0.2, 0.25) is 21.8 Å². The van der Waals surface area contributed by atoms with Gasteiger partial charge in [-0.05, 0) is 54.8 Å². The minimum Gasteiger partial charge on any atom is -0.497 e. The average Bonchev–Trinajstić information content (AvgIpc) is 2.91. The van der Waals surface area contributed by atoms with E-state index in [4.69, 9.17) is 16.3 Å². The van der Waals surface area contributed by atoms with Crippen molar-refractivity contribution in [2.24, 2.45) is 0 Å². The molecule has 2 amide bonds. The normalized spacial score (nSPS) is 11.9. The maximum Gasteiger partial charge on any atom is 0.244 e. The monoisotopic (exact) mass is 571 g/mol. The summed E-state index contributed by atoms with van der Waals surface area (Å²) in [6.07, 6.45) is 1.29. The number of ether oxygens (including phenoxy) is 1. The zero-order valence-electron chi connectivity index (χ0n) is 22.6. The number of carbonyl (C=O) groups excluding carboxylic acids is 2. The van der Waals surface area contributed by atoms with Crippen LogP contribution in [0.4, 0.5) is 5.69 Å². The predicted molar refractivity (Wildman–Crippen MR) is 155 cm³/mol. The Balaban J connectivity index is 2.08. The number of carbonyl (C=O) groups is 2. The number of hydrogen-bond acceptors (Lipinski definition) is 5. The maximum atomic E-state index is 14.0. The Labute approximate surface area is 235 Å². The van der Waals surface area contributed by atoms with E-state index in [0.29, 0.717) is 28.6 Å². The van der Waals surface area contributed by atoms with Crippen molar-refractivity contribution in [3.63, 3.8) is 0 Å². The first-order chi connectivity index (χ1) is 18.5. The van der Waals surface area contributed by atoms with E-state index in [9.17, 15) is 18.0 Å². The highest BCUT2D eigenvalue weighted by Crippen LogP contribution is 2.29. The first kappa shape index (κ1) is 30.0. The van der Waals surface area contributed by atoms with Gasteiger partial charge in [-0.15, -0.1) is 0 Å². The van der Waals surface area contributed by atoms with Gasteiger partial charge in [-0.3, -0.25) is 13.9 Å². The van der Waals surface area contributed by atoms with E-state index in [1.54, 1.807) is 57.4 Å². The van der Waals surface area contributed by atoms with E-state index in [2.05, 4.69) is 5.32 Å². The highest BCUT2D eigenvalue weighted by Gasteiger charge is 2.33. The molecule has 0 saturated heterocycles. The van der Waals surface area contributed by atoms with Crippen LogP contribution in [0, 0.1) is 6.92 Å². The minimum atomic E-state index is -3.88. The molecule has 0 aromatic heterocycles. The Kier molecular flexibility index (Phi) is 10.4. The van der Waals surface area contributed by atoms with Gasteiger partial charge in [0.1, 0.15) is 18.3 Å². The first-order valence-electron chi connectivity index (χ1n) is 12.5. The zero-order valence-corrected chi connectivity index (χ0v) is 24.1. The molecule has 0 spiro atoms. The molecular formula is C29H34ClN3O5S. The Hall–Kier alpha value is -3.56. The van der Waals surface area contributed by atoms with Crippen molar-refractivity contribution in [2.45, 2.75) is 32.9 Å². The summed E-state index contributed by atoms with van der Waals surface area (Å²) in [7, 11) is -2.33. The molecule has 0 aliphatic rings. The molecule has 1 N–H and O–H groups in total. The van der Waals surface area contributed by atoms with Crippen molar-refractivity contribution >= 4 is 39.1 Å². The van der Waals surface area contributed by atoms with Crippen molar-refractivity contribution in [3.8, 4) is 5.75 Å². The number of nitrogens with one attached hydrogen (secondary N) is 1. The molecule has 0 radical (unpaired) electrons. The van der Waals surface area contributed by atoms with Gasteiger partial charge in [-0.1, -0.05) is 60.1 Å². The van der Waals surface area contributed by atoms with Crippen LogP contribution in [-0.4, -0.2) is 57.6 Å². The van der Waals surface area contributed by atoms with E-state index in [-0.39, 0.29) is 18.9 Å². The molecule has 1 unspecified atom stereocenters. The molecule has 10 heteroatoms. The second-order valence-corrected chi connectivity index (χ2v) is 11.4. The van der Waals surface area contributed by atoms with Crippen LogP contribution in [0.2, 0.25) is 5.02 Å². The minimum absolute atomic E-state index is 0.0663. The second-order valence-electron chi connectivity index (χ2n) is 9.13. The van der Waals surface area contributed by atoms with Crippen molar-refractivity contribution in [1.82, 2.24) is 10.2 Å². The number of likely N-dealkylation sites (N-methyl/N-ethyl adjacent to an activating group) is 1. The van der Waals surface area contributed by atoms with Crippen LogP contribution in [-0.2, 0) is 32.6 Å². The average molecular weight is 572 g/mol. The van der Waals surface area contributed by atoms with Crippen LogP contribution in [0.1, 0.15) is 23.6 Å². The molecule has 8 nitrogen and oxygen atoms in total. The lowest BCUT2D eigenvalue weighted by Crippen LogP contribution is -2.53. The molecule has 1 atom stereocenters. The molecule has 0 aliphatic carbocycles. The number of sulfonamides is 1. The van der Waals surface area contributed by atoms with Gasteiger partial charge in [-0.2, -0.15) is 0 Å². The number of anilines is 1. The van der Waals surface area contributed by atoms with Crippen LogP contribution in [0.3, 0.4) is 0 Å². The fourth-order valence-electron chi connectivity index (χ4n) is 4.27. The number of amides is 2. The standard InChI is InChI=1S/C29H34ClN3O5S/c1-5-31-29(35)27(18-22-11-7-6-8-12-22)32(19-23-13-9-14-24(17-23)38-3)28(34)20-33(39(4,36)37)26-16-10-15-25(30)21(26)2/h6-17,27H,5,18-20H2,1-4H3,(H,31,35). The SMILES string of the molecule is CCNC(=O)C(Cc1ccccc1)N(Cc1cccc(OC)c1)C(=O)CN(c1cccc(Cl)c1C)S(C)(=O)=O. The molecule has 0 heterocycles. The molecule has 3 rings (SSSR count). The Bertz CT molecular complexity index is 1400. The summed E-state index contributed by atoms with van der Waals surface area (Å²) < 4.78 is 32.2. The van der Waals surface area contributed by atoms with Crippen molar-refractivity contribution in [2.75, 3.05) is 30.8 Å². The first-order valence-corrected chi connectivity index (χ1v) is 14.7. The summed E-state index contributed by atoms with van der Waals surface area (Å²) in [4.78, 5) is 28.9. The summed E-state index contributed by atoms with van der Waals surface area (Å²) >= 11 is 6.28. The summed E-state index contributed by atoms with van der Waals surface area (Å²) in [5.41, 5.74) is 2.43. The third kappa shape index (κ3) is 7.97. The number of methoxy groups -OCH3 is 1. The van der Waals surface area contributed by atoms with Gasteiger partial charge < -0.3 is 15.0 Å². The fraction of sp³-hybridized carbons (Fsp3) is 0.310. The lowest BCUT2D eigenvalue weighted by atomic mass is 10.0. The molecule has 208 valence electrons. The predicted octanol–water partition coefficient (Wildman–Crippen LogP) is 4.20. The van der Waals surface area contributed by atoms with Crippen molar-refractivity contribution in [1.29, 1.82) is 0 Å². The molecule has 0 bridgehead atoms. The van der Waals surface area contributed by atoms with Gasteiger partial charge >= 0.3 is 0 Å². The van der Waals surface area contributed by atoms with E-state index in [0.717, 1.165) is 21.7 Å². The molecule has 3 aromatic rings. The number of benzene rings is 3. The molecule has 0 fully saturated rings. The van der Waals surface area contributed by atoms with Crippen LogP contribution in [0.15, 0.2) is 72.8 Å². The Morgan fingerprint density at radius 3 is 2.31 bits per heavy atom. The second kappa shape index (κ2) is 13.5. The number of halogens is 1. The van der Waals surface area contributed by atoms with E-state index < -0.39 is 28.5 Å². The molecule has 0 aliphatic heterocycles. The number of rotatable bonds is 12. The van der Waals surface area contributed by atoms with Gasteiger partial charge in [0.15, 0.2) is 0 Å². The molecule has 0 saturated carbocycles. The smallest absolute Gasteiger partial charge is 0.244 e. The fourth-order valence-corrected chi connectivity index (χ4v) is 5.34. The highest BCUT2D eigenvalue weighted by atomic mass is 35.5. The summed E-state index contributed by atoms with van der Waals surface area (Å²) in [6.45, 7) is 3.44. The van der Waals surface area contributed by atoms with Gasteiger partial charge in [-0.25, -0.2) is 8.42 Å². The van der Waals surface area contributed by atoms with Crippen LogP contribution in [0.5, 0.6) is 5.75 Å². The largest absolute Gasteiger partial charge is 0.497 e. The zero-order chi connectivity index (χ0) is 28.6. The van der Waals surface area contributed by atoms with Gasteiger partial charge in [0, 0.05) is 24.5 Å². The molecule has 39 heavy (non-hydrogen) atoms. The van der Waals surface area contributed by atoms with Crippen LogP contribution in [0.25, 0.3) is 0 Å². The van der Waals surface area contributed by atoms with E-state index in [1.807, 2.05) is 36.4 Å². The third-order valence-corrected chi connectivity index (χ3v) is 7.83. The third-order valence-electron chi connectivity index (χ3n) is 6.30. The number of nitrogens with zero attached hydrogens (tertiary/aromatic N) is 2. The lowest BCUT2D eigenvalue weighted by molar-refractivity contribution is -0.140. The van der Waals surface area contributed by atoms with E-state index >= 15 is 0 Å². The lowest BCUT2D eigenvalue weighted by Gasteiger charge is -2.33. The van der Waals surface area contributed by atoms with Crippen LogP contribution < -0.4 is 14.4 Å². The van der Waals surface area contributed by atoms with Crippen LogP contribution >= 0.6 is 11.6 Å². The van der Waals surface area contributed by atoms with Gasteiger partial charge in [0.25, 0.3) is 0 Å². The number of hydrogen-bond donors (Lipinski definition) is 1. The maximum absolute atomic E-state index is 14.0. The van der Waals surface area contributed by atoms with E-state index in [1.165, 1.54) is 4.90 Å². The summed E-state index contributed by atoms with van der Waals surface area (Å²) in [6, 6.07) is 20.6. The summed E-state index contributed by atoms with van der Waals surface area (Å²) in [5.74, 6) is -0.262. The Morgan fingerprint density at radius 2 is 1.67 bits per heavy atom. The molecule has 3 aromatic carbocycles.